The quantitative estimate of drug-likeness (QED) is 0.427. The molecule has 1 fully saturated rings. The van der Waals surface area contributed by atoms with Gasteiger partial charge < -0.3 is 9.80 Å². The highest BCUT2D eigenvalue weighted by Crippen LogP contribution is 2.43. The fourth-order valence-corrected chi connectivity index (χ4v) is 8.10. The van der Waals surface area contributed by atoms with Gasteiger partial charge in [0, 0.05) is 39.0 Å². The molecule has 1 saturated heterocycles. The summed E-state index contributed by atoms with van der Waals surface area (Å²) < 4.78 is 0. The Morgan fingerprint density at radius 1 is 1.06 bits per heavy atom. The number of nitrogens with zero attached hydrogens (tertiary/aromatic N) is 2. The largest absolute Gasteiger partial charge is 0.349 e. The molecule has 2 aromatic carbocycles. The maximum absolute atomic E-state index is 12.8. The van der Waals surface area contributed by atoms with Gasteiger partial charge in [-0.25, -0.2) is 0 Å². The highest BCUT2D eigenvalue weighted by molar-refractivity contribution is 7.64. The lowest BCUT2D eigenvalue weighted by atomic mass is 10.0. The maximum atomic E-state index is 12.8. The van der Waals surface area contributed by atoms with E-state index in [1.807, 2.05) is 21.0 Å². The van der Waals surface area contributed by atoms with E-state index in [0.29, 0.717) is 6.42 Å². The smallest absolute Gasteiger partial charge is 0.224 e. The lowest BCUT2D eigenvalue weighted by Gasteiger charge is -2.33. The zero-order valence-electron chi connectivity index (χ0n) is 21.8. The van der Waals surface area contributed by atoms with Crippen LogP contribution in [0.3, 0.4) is 0 Å². The van der Waals surface area contributed by atoms with E-state index in [2.05, 4.69) is 68.1 Å². The second-order valence-electron chi connectivity index (χ2n) is 10.1. The van der Waals surface area contributed by atoms with E-state index < -0.39 is 7.92 Å². The van der Waals surface area contributed by atoms with Crippen LogP contribution in [0.4, 0.5) is 0 Å². The van der Waals surface area contributed by atoms with Gasteiger partial charge in [-0.05, 0) is 74.4 Å². The molecule has 0 spiro atoms. The fraction of sp³-hybridized carbons (Fsp3) is 0.517. The highest BCUT2D eigenvalue weighted by atomic mass is 31.1. The summed E-state index contributed by atoms with van der Waals surface area (Å²) in [6.07, 6.45) is 5.31. The molecule has 34 heavy (non-hydrogen) atoms. The SMILES string of the molecule is Cc1cc(C)c(CP(CC(CCC(C)C(=O)N(C)C)N2CCCC2=O)c2ccccc2)c(C)c1. The van der Waals surface area contributed by atoms with Crippen molar-refractivity contribution in [3.63, 3.8) is 0 Å². The predicted molar refractivity (Wildman–Crippen MR) is 144 cm³/mol. The van der Waals surface area contributed by atoms with Crippen LogP contribution < -0.4 is 5.30 Å². The van der Waals surface area contributed by atoms with Crippen molar-refractivity contribution in [1.29, 1.82) is 0 Å². The minimum Gasteiger partial charge on any atom is -0.349 e. The number of likely N-dealkylation sites (tertiary alicyclic amines) is 1. The minimum absolute atomic E-state index is 0.0280. The molecule has 1 heterocycles. The van der Waals surface area contributed by atoms with Crippen LogP contribution in [0.15, 0.2) is 42.5 Å². The molecular weight excluding hydrogens is 439 g/mol. The Morgan fingerprint density at radius 3 is 2.26 bits per heavy atom. The molecule has 0 radical (unpaired) electrons. The molecule has 0 N–H and O–H groups in total. The van der Waals surface area contributed by atoms with E-state index in [1.165, 1.54) is 27.6 Å². The molecule has 0 saturated carbocycles. The number of carbonyl (C=O) groups is 2. The van der Waals surface area contributed by atoms with E-state index in [-0.39, 0.29) is 23.8 Å². The van der Waals surface area contributed by atoms with E-state index in [4.69, 9.17) is 0 Å². The lowest BCUT2D eigenvalue weighted by molar-refractivity contribution is -0.132. The first kappa shape index (κ1) is 26.4. The zero-order valence-corrected chi connectivity index (χ0v) is 22.7. The molecule has 2 amide bonds. The van der Waals surface area contributed by atoms with Gasteiger partial charge >= 0.3 is 0 Å². The Bertz CT molecular complexity index is 966. The average Bonchev–Trinajstić information content (AvgIpc) is 3.23. The number of hydrogen-bond donors (Lipinski definition) is 0. The van der Waals surface area contributed by atoms with Crippen molar-refractivity contribution in [3.05, 3.63) is 64.7 Å². The molecule has 3 unspecified atom stereocenters. The van der Waals surface area contributed by atoms with Crippen LogP contribution in [-0.2, 0) is 15.8 Å². The zero-order chi connectivity index (χ0) is 24.8. The third-order valence-corrected chi connectivity index (χ3v) is 9.68. The Morgan fingerprint density at radius 2 is 1.71 bits per heavy atom. The Labute approximate surface area is 207 Å². The molecule has 5 heteroatoms. The number of rotatable bonds is 10. The highest BCUT2D eigenvalue weighted by Gasteiger charge is 2.31. The third-order valence-electron chi connectivity index (χ3n) is 7.09. The second-order valence-corrected chi connectivity index (χ2v) is 12.4. The van der Waals surface area contributed by atoms with Gasteiger partial charge in [0.1, 0.15) is 0 Å². The van der Waals surface area contributed by atoms with Crippen LogP contribution >= 0.6 is 7.92 Å². The van der Waals surface area contributed by atoms with Gasteiger partial charge in [-0.15, -0.1) is 0 Å². The van der Waals surface area contributed by atoms with Crippen LogP contribution in [-0.4, -0.2) is 54.5 Å². The number of hydrogen-bond acceptors (Lipinski definition) is 2. The monoisotopic (exact) mass is 480 g/mol. The van der Waals surface area contributed by atoms with E-state index in [1.54, 1.807) is 4.90 Å². The summed E-state index contributed by atoms with van der Waals surface area (Å²) in [6, 6.07) is 15.6. The molecule has 1 aliphatic heterocycles. The molecular formula is C29H41N2O2P. The van der Waals surface area contributed by atoms with Crippen molar-refractivity contribution in [2.75, 3.05) is 26.8 Å². The Kier molecular flexibility index (Phi) is 9.31. The second kappa shape index (κ2) is 12.0. The average molecular weight is 481 g/mol. The van der Waals surface area contributed by atoms with Crippen LogP contribution in [0, 0.1) is 26.7 Å². The topological polar surface area (TPSA) is 40.6 Å². The predicted octanol–water partition coefficient (Wildman–Crippen LogP) is 5.41. The van der Waals surface area contributed by atoms with Gasteiger partial charge in [0.05, 0.1) is 0 Å². The van der Waals surface area contributed by atoms with Crippen molar-refractivity contribution in [3.8, 4) is 0 Å². The van der Waals surface area contributed by atoms with Crippen molar-refractivity contribution in [2.45, 2.75) is 65.6 Å². The van der Waals surface area contributed by atoms with Gasteiger partial charge in [0.25, 0.3) is 0 Å². The number of amides is 2. The van der Waals surface area contributed by atoms with E-state index >= 15 is 0 Å². The number of aryl methyl sites for hydroxylation is 3. The molecule has 0 aliphatic carbocycles. The minimum atomic E-state index is -0.496. The molecule has 0 bridgehead atoms. The number of carbonyl (C=O) groups excluding carboxylic acids is 2. The molecule has 4 nitrogen and oxygen atoms in total. The van der Waals surface area contributed by atoms with Gasteiger partial charge in [-0.2, -0.15) is 0 Å². The maximum Gasteiger partial charge on any atom is 0.224 e. The summed E-state index contributed by atoms with van der Waals surface area (Å²) >= 11 is 0. The fourth-order valence-electron chi connectivity index (χ4n) is 5.21. The van der Waals surface area contributed by atoms with Gasteiger partial charge in [-0.3, -0.25) is 9.59 Å². The van der Waals surface area contributed by atoms with Crippen molar-refractivity contribution in [1.82, 2.24) is 9.80 Å². The molecule has 184 valence electrons. The third kappa shape index (κ3) is 6.69. The van der Waals surface area contributed by atoms with Crippen LogP contribution in [0.2, 0.25) is 0 Å². The van der Waals surface area contributed by atoms with Gasteiger partial charge in [0.15, 0.2) is 0 Å². The molecule has 3 rings (SSSR count). The molecule has 0 aromatic heterocycles. The molecule has 1 aliphatic rings. The number of benzene rings is 2. The van der Waals surface area contributed by atoms with Crippen LogP contribution in [0.1, 0.15) is 54.9 Å². The van der Waals surface area contributed by atoms with Crippen molar-refractivity contribution in [2.24, 2.45) is 5.92 Å². The molecule has 2 aromatic rings. The summed E-state index contributed by atoms with van der Waals surface area (Å²) in [5.74, 6) is 0.421. The summed E-state index contributed by atoms with van der Waals surface area (Å²) in [5.41, 5.74) is 5.48. The van der Waals surface area contributed by atoms with Crippen molar-refractivity contribution >= 4 is 25.0 Å². The standard InChI is InChI=1S/C29H41N2O2P/c1-21-17-23(3)27(24(4)18-21)20-34(26-11-8-7-9-12-26)19-25(31-16-10-13-28(31)32)15-14-22(2)29(33)30(5)6/h7-9,11-12,17-18,22,25H,10,13-16,19-20H2,1-6H3. The molecule has 3 atom stereocenters. The van der Waals surface area contributed by atoms with Crippen molar-refractivity contribution < 1.29 is 9.59 Å². The summed E-state index contributed by atoms with van der Waals surface area (Å²) in [6.45, 7) is 9.48. The van der Waals surface area contributed by atoms with Crippen LogP contribution in [0.5, 0.6) is 0 Å². The van der Waals surface area contributed by atoms with Gasteiger partial charge in [-0.1, -0.05) is 62.9 Å². The normalized spacial score (nSPS) is 16.4. The summed E-state index contributed by atoms with van der Waals surface area (Å²) in [7, 11) is 3.14. The summed E-state index contributed by atoms with van der Waals surface area (Å²) in [5, 5.41) is 1.39. The lowest BCUT2D eigenvalue weighted by Crippen LogP contribution is -2.40. The first-order valence-electron chi connectivity index (χ1n) is 12.5. The summed E-state index contributed by atoms with van der Waals surface area (Å²) in [4.78, 5) is 29.1. The van der Waals surface area contributed by atoms with E-state index in [9.17, 15) is 9.59 Å². The Balaban J connectivity index is 1.88. The van der Waals surface area contributed by atoms with E-state index in [0.717, 1.165) is 38.1 Å². The Hall–Kier alpha value is -2.19. The first-order chi connectivity index (χ1) is 16.2. The van der Waals surface area contributed by atoms with Gasteiger partial charge in [0.2, 0.25) is 11.8 Å². The first-order valence-corrected chi connectivity index (χ1v) is 14.3. The van der Waals surface area contributed by atoms with Crippen LogP contribution in [0.25, 0.3) is 0 Å².